The van der Waals surface area contributed by atoms with Crippen LogP contribution in [0.4, 0.5) is 5.82 Å². The lowest BCUT2D eigenvalue weighted by molar-refractivity contribution is -0.0235. The molecule has 4 heteroatoms. The average molecular weight is 229 g/mol. The number of aliphatic hydroxyl groups is 1. The fraction of sp³-hybridized carbons (Fsp3) is 0.385. The quantitative estimate of drug-likeness (QED) is 0.826. The number of benzene rings is 1. The van der Waals surface area contributed by atoms with E-state index < -0.39 is 5.60 Å². The highest BCUT2D eigenvalue weighted by Gasteiger charge is 2.38. The van der Waals surface area contributed by atoms with Gasteiger partial charge >= 0.3 is 0 Å². The van der Waals surface area contributed by atoms with Gasteiger partial charge in [0.1, 0.15) is 0 Å². The van der Waals surface area contributed by atoms with Crippen LogP contribution in [0.25, 0.3) is 10.8 Å². The summed E-state index contributed by atoms with van der Waals surface area (Å²) >= 11 is 0. The second kappa shape index (κ2) is 3.67. The number of hydrogen-bond acceptors (Lipinski definition) is 4. The van der Waals surface area contributed by atoms with Gasteiger partial charge in [0.2, 0.25) is 0 Å². The first-order valence-corrected chi connectivity index (χ1v) is 5.83. The number of nitrogens with zero attached hydrogens (tertiary/aromatic N) is 2. The number of nitrogens with one attached hydrogen (secondary N) is 1. The predicted octanol–water partition coefficient (Wildman–Crippen LogP) is 1.96. The third-order valence-corrected chi connectivity index (χ3v) is 3.28. The van der Waals surface area contributed by atoms with Gasteiger partial charge in [-0.25, -0.2) is 0 Å². The Labute approximate surface area is 99.7 Å². The van der Waals surface area contributed by atoms with Crippen molar-refractivity contribution in [1.82, 2.24) is 10.2 Å². The highest BCUT2D eigenvalue weighted by Crippen LogP contribution is 2.34. The van der Waals surface area contributed by atoms with Crippen LogP contribution in [0.15, 0.2) is 30.5 Å². The molecule has 0 atom stereocenters. The second-order valence-corrected chi connectivity index (χ2v) is 5.03. The molecule has 0 saturated heterocycles. The van der Waals surface area contributed by atoms with E-state index in [9.17, 15) is 5.11 Å². The van der Waals surface area contributed by atoms with Crippen molar-refractivity contribution in [3.63, 3.8) is 0 Å². The maximum absolute atomic E-state index is 9.70. The minimum atomic E-state index is -0.518. The number of hydrogen-bond donors (Lipinski definition) is 2. The van der Waals surface area contributed by atoms with Gasteiger partial charge in [-0.2, -0.15) is 5.10 Å². The number of fused-ring (bicyclic) bond motifs is 1. The van der Waals surface area contributed by atoms with Gasteiger partial charge in [-0.05, 0) is 19.8 Å². The van der Waals surface area contributed by atoms with Crippen molar-refractivity contribution in [1.29, 1.82) is 0 Å². The van der Waals surface area contributed by atoms with Crippen molar-refractivity contribution in [3.8, 4) is 0 Å². The largest absolute Gasteiger partial charge is 0.390 e. The van der Waals surface area contributed by atoms with Crippen molar-refractivity contribution in [2.75, 3.05) is 5.32 Å². The summed E-state index contributed by atoms with van der Waals surface area (Å²) in [5.41, 5.74) is -0.518. The summed E-state index contributed by atoms with van der Waals surface area (Å²) in [5.74, 6) is 0.809. The average Bonchev–Trinajstić information content (AvgIpc) is 2.27. The summed E-state index contributed by atoms with van der Waals surface area (Å²) in [6.45, 7) is 1.86. The first-order chi connectivity index (χ1) is 8.14. The Morgan fingerprint density at radius 1 is 1.35 bits per heavy atom. The summed E-state index contributed by atoms with van der Waals surface area (Å²) in [6.07, 6.45) is 3.28. The Hall–Kier alpha value is -1.68. The number of rotatable bonds is 2. The number of aromatic nitrogens is 2. The molecule has 2 N–H and O–H groups in total. The van der Waals surface area contributed by atoms with E-state index in [-0.39, 0.29) is 0 Å². The van der Waals surface area contributed by atoms with Gasteiger partial charge in [0, 0.05) is 16.8 Å². The van der Waals surface area contributed by atoms with Gasteiger partial charge in [0.25, 0.3) is 0 Å². The number of anilines is 1. The Morgan fingerprint density at radius 2 is 2.12 bits per heavy atom. The Morgan fingerprint density at radius 3 is 2.88 bits per heavy atom. The predicted molar refractivity (Wildman–Crippen MR) is 66.8 cm³/mol. The van der Waals surface area contributed by atoms with Gasteiger partial charge < -0.3 is 10.4 Å². The zero-order chi connectivity index (χ0) is 11.9. The van der Waals surface area contributed by atoms with Crippen LogP contribution >= 0.6 is 0 Å². The van der Waals surface area contributed by atoms with E-state index >= 15 is 0 Å². The van der Waals surface area contributed by atoms with E-state index in [1.165, 1.54) is 0 Å². The molecule has 4 nitrogen and oxygen atoms in total. The molecule has 0 unspecified atom stereocenters. The molecular formula is C13H15N3O. The molecule has 17 heavy (non-hydrogen) atoms. The molecular weight excluding hydrogens is 214 g/mol. The first kappa shape index (κ1) is 10.5. The van der Waals surface area contributed by atoms with Crippen molar-refractivity contribution in [2.24, 2.45) is 0 Å². The highest BCUT2D eigenvalue weighted by atomic mass is 16.3. The van der Waals surface area contributed by atoms with Crippen molar-refractivity contribution >= 4 is 16.6 Å². The van der Waals surface area contributed by atoms with Crippen molar-refractivity contribution in [2.45, 2.75) is 31.4 Å². The monoisotopic (exact) mass is 229 g/mol. The summed E-state index contributed by atoms with van der Waals surface area (Å²) in [4.78, 5) is 0. The Bertz CT molecular complexity index is 540. The normalized spacial score (nSPS) is 27.8. The van der Waals surface area contributed by atoms with E-state index in [1.54, 1.807) is 6.20 Å². The molecule has 88 valence electrons. The molecule has 1 aromatic heterocycles. The molecule has 0 spiro atoms. The lowest BCUT2D eigenvalue weighted by Gasteiger charge is -2.41. The van der Waals surface area contributed by atoms with Crippen LogP contribution in [-0.2, 0) is 0 Å². The molecule has 0 amide bonds. The fourth-order valence-electron chi connectivity index (χ4n) is 2.43. The molecule has 0 bridgehead atoms. The van der Waals surface area contributed by atoms with Gasteiger partial charge in [-0.1, -0.05) is 24.3 Å². The van der Waals surface area contributed by atoms with E-state index in [2.05, 4.69) is 15.5 Å². The summed E-state index contributed by atoms with van der Waals surface area (Å²) in [5, 5.41) is 23.3. The third-order valence-electron chi connectivity index (χ3n) is 3.28. The van der Waals surface area contributed by atoms with Crippen LogP contribution in [0.3, 0.4) is 0 Å². The smallest absolute Gasteiger partial charge is 0.156 e. The van der Waals surface area contributed by atoms with Crippen LogP contribution in [0.5, 0.6) is 0 Å². The SMILES string of the molecule is CC1(O)CC(Nc2nncc3ccccc23)C1. The lowest BCUT2D eigenvalue weighted by atomic mass is 9.77. The van der Waals surface area contributed by atoms with Gasteiger partial charge in [0.05, 0.1) is 11.8 Å². The highest BCUT2D eigenvalue weighted by molar-refractivity contribution is 5.90. The molecule has 0 radical (unpaired) electrons. The maximum atomic E-state index is 9.70. The molecule has 1 fully saturated rings. The van der Waals surface area contributed by atoms with Crippen LogP contribution in [0.1, 0.15) is 19.8 Å². The fourth-order valence-corrected chi connectivity index (χ4v) is 2.43. The second-order valence-electron chi connectivity index (χ2n) is 5.03. The summed E-state index contributed by atoms with van der Waals surface area (Å²) in [7, 11) is 0. The van der Waals surface area contributed by atoms with Crippen LogP contribution < -0.4 is 5.32 Å². The first-order valence-electron chi connectivity index (χ1n) is 5.83. The molecule has 2 aromatic rings. The maximum Gasteiger partial charge on any atom is 0.156 e. The van der Waals surface area contributed by atoms with Gasteiger partial charge in [0.15, 0.2) is 5.82 Å². The molecule has 1 aromatic carbocycles. The Kier molecular flexibility index (Phi) is 2.26. The van der Waals surface area contributed by atoms with Crippen LogP contribution in [-0.4, -0.2) is 26.9 Å². The van der Waals surface area contributed by atoms with Crippen molar-refractivity contribution in [3.05, 3.63) is 30.5 Å². The van der Waals surface area contributed by atoms with Crippen LogP contribution in [0, 0.1) is 0 Å². The lowest BCUT2D eigenvalue weighted by Crippen LogP contribution is -2.48. The third kappa shape index (κ3) is 1.96. The van der Waals surface area contributed by atoms with E-state index in [1.807, 2.05) is 31.2 Å². The van der Waals surface area contributed by atoms with E-state index in [0.29, 0.717) is 6.04 Å². The topological polar surface area (TPSA) is 58.0 Å². The Balaban J connectivity index is 1.86. The minimum Gasteiger partial charge on any atom is -0.390 e. The van der Waals surface area contributed by atoms with Gasteiger partial charge in [-0.3, -0.25) is 0 Å². The summed E-state index contributed by atoms with van der Waals surface area (Å²) in [6, 6.07) is 8.33. The molecule has 3 rings (SSSR count). The van der Waals surface area contributed by atoms with Gasteiger partial charge in [-0.15, -0.1) is 5.10 Å². The zero-order valence-corrected chi connectivity index (χ0v) is 9.72. The zero-order valence-electron chi connectivity index (χ0n) is 9.72. The molecule has 1 heterocycles. The standard InChI is InChI=1S/C13H15N3O/c1-13(17)6-10(7-13)15-12-11-5-3-2-4-9(11)8-14-16-12/h2-5,8,10,17H,6-7H2,1H3,(H,15,16). The molecule has 1 saturated carbocycles. The summed E-state index contributed by atoms with van der Waals surface area (Å²) < 4.78 is 0. The van der Waals surface area contributed by atoms with Crippen molar-refractivity contribution < 1.29 is 5.11 Å². The minimum absolute atomic E-state index is 0.296. The molecule has 0 aliphatic heterocycles. The van der Waals surface area contributed by atoms with Crippen LogP contribution in [0.2, 0.25) is 0 Å². The molecule has 1 aliphatic rings. The molecule has 1 aliphatic carbocycles. The van der Waals surface area contributed by atoms with E-state index in [4.69, 9.17) is 0 Å². The van der Waals surface area contributed by atoms with E-state index in [0.717, 1.165) is 29.4 Å².